The fourth-order valence-corrected chi connectivity index (χ4v) is 2.91. The van der Waals surface area contributed by atoms with Crippen LogP contribution in [-0.2, 0) is 4.74 Å². The molecule has 3 rings (SSSR count). The molecule has 0 saturated carbocycles. The van der Waals surface area contributed by atoms with Gasteiger partial charge in [-0.2, -0.15) is 4.37 Å². The van der Waals surface area contributed by atoms with Crippen molar-refractivity contribution >= 4 is 16.7 Å². The zero-order valence-corrected chi connectivity index (χ0v) is 11.6. The van der Waals surface area contributed by atoms with Crippen LogP contribution in [0.2, 0.25) is 0 Å². The summed E-state index contributed by atoms with van der Waals surface area (Å²) in [4.78, 5) is 4.24. The standard InChI is InChI=1S/C13H13F2N3OS/c1-7-16-13(20-18-7)17-11-4-5-19-12(11)8-2-3-9(14)10(15)6-8/h2-3,6,11-12H,4-5H2,1H3,(H,16,17,18). The Kier molecular flexibility index (Phi) is 3.62. The van der Waals surface area contributed by atoms with Crippen LogP contribution in [0, 0.1) is 18.6 Å². The molecular weight excluding hydrogens is 284 g/mol. The summed E-state index contributed by atoms with van der Waals surface area (Å²) in [7, 11) is 0. The van der Waals surface area contributed by atoms with E-state index in [-0.39, 0.29) is 12.1 Å². The highest BCUT2D eigenvalue weighted by molar-refractivity contribution is 7.09. The zero-order valence-electron chi connectivity index (χ0n) is 10.8. The number of benzene rings is 1. The molecule has 4 nitrogen and oxygen atoms in total. The topological polar surface area (TPSA) is 47.0 Å². The number of hydrogen-bond donors (Lipinski definition) is 1. The Balaban J connectivity index is 1.79. The van der Waals surface area contributed by atoms with Crippen LogP contribution in [0.15, 0.2) is 18.2 Å². The van der Waals surface area contributed by atoms with Crippen LogP contribution in [0.4, 0.5) is 13.9 Å². The fourth-order valence-electron chi connectivity index (χ4n) is 2.27. The van der Waals surface area contributed by atoms with Crippen molar-refractivity contribution in [3.05, 3.63) is 41.2 Å². The van der Waals surface area contributed by atoms with Gasteiger partial charge >= 0.3 is 0 Å². The van der Waals surface area contributed by atoms with Crippen molar-refractivity contribution in [2.45, 2.75) is 25.5 Å². The molecule has 1 aliphatic heterocycles. The van der Waals surface area contributed by atoms with Gasteiger partial charge in [-0.15, -0.1) is 0 Å². The predicted molar refractivity (Wildman–Crippen MR) is 71.7 cm³/mol. The second-order valence-electron chi connectivity index (χ2n) is 4.65. The van der Waals surface area contributed by atoms with Crippen molar-refractivity contribution in [3.63, 3.8) is 0 Å². The van der Waals surface area contributed by atoms with E-state index in [1.165, 1.54) is 17.6 Å². The minimum absolute atomic E-state index is 0.0211. The summed E-state index contributed by atoms with van der Waals surface area (Å²) in [6, 6.07) is 3.84. The Morgan fingerprint density at radius 2 is 2.20 bits per heavy atom. The average Bonchev–Trinajstić information content (AvgIpc) is 3.03. The first kappa shape index (κ1) is 13.4. The molecule has 2 heterocycles. The molecule has 1 fully saturated rings. The van der Waals surface area contributed by atoms with Gasteiger partial charge in [0.1, 0.15) is 11.9 Å². The molecule has 7 heteroatoms. The number of nitrogens with zero attached hydrogens (tertiary/aromatic N) is 2. The van der Waals surface area contributed by atoms with Crippen molar-refractivity contribution < 1.29 is 13.5 Å². The van der Waals surface area contributed by atoms with E-state index < -0.39 is 11.6 Å². The van der Waals surface area contributed by atoms with E-state index in [9.17, 15) is 8.78 Å². The van der Waals surface area contributed by atoms with Gasteiger partial charge in [-0.3, -0.25) is 0 Å². The van der Waals surface area contributed by atoms with Gasteiger partial charge in [0.15, 0.2) is 11.6 Å². The van der Waals surface area contributed by atoms with Gasteiger partial charge in [0, 0.05) is 18.1 Å². The van der Waals surface area contributed by atoms with Crippen LogP contribution in [0.1, 0.15) is 23.9 Å². The summed E-state index contributed by atoms with van der Waals surface area (Å²) >= 11 is 1.28. The number of anilines is 1. The summed E-state index contributed by atoms with van der Waals surface area (Å²) in [5.41, 5.74) is 0.625. The molecule has 2 unspecified atom stereocenters. The molecule has 20 heavy (non-hydrogen) atoms. The monoisotopic (exact) mass is 297 g/mol. The highest BCUT2D eigenvalue weighted by Gasteiger charge is 2.30. The number of aromatic nitrogens is 2. The lowest BCUT2D eigenvalue weighted by atomic mass is 10.0. The van der Waals surface area contributed by atoms with Gasteiger partial charge < -0.3 is 10.1 Å². The number of nitrogens with one attached hydrogen (secondary N) is 1. The molecule has 0 amide bonds. The van der Waals surface area contributed by atoms with Crippen LogP contribution >= 0.6 is 11.5 Å². The maximum Gasteiger partial charge on any atom is 0.202 e. The third kappa shape index (κ3) is 2.64. The van der Waals surface area contributed by atoms with E-state index in [0.29, 0.717) is 23.1 Å². The lowest BCUT2D eigenvalue weighted by Gasteiger charge is -2.19. The highest BCUT2D eigenvalue weighted by Crippen LogP contribution is 2.32. The third-order valence-electron chi connectivity index (χ3n) is 3.20. The van der Waals surface area contributed by atoms with Crippen LogP contribution in [0.25, 0.3) is 0 Å². The van der Waals surface area contributed by atoms with E-state index in [1.54, 1.807) is 6.07 Å². The lowest BCUT2D eigenvalue weighted by molar-refractivity contribution is 0.107. The van der Waals surface area contributed by atoms with E-state index in [1.807, 2.05) is 6.92 Å². The summed E-state index contributed by atoms with van der Waals surface area (Å²) in [6.07, 6.45) is 0.469. The fraction of sp³-hybridized carbons (Fsp3) is 0.385. The molecule has 0 aliphatic carbocycles. The Hall–Kier alpha value is -1.60. The van der Waals surface area contributed by atoms with Crippen molar-refractivity contribution in [1.82, 2.24) is 9.36 Å². The Labute approximate surface area is 119 Å². The Morgan fingerprint density at radius 1 is 1.35 bits per heavy atom. The average molecular weight is 297 g/mol. The molecule has 1 saturated heterocycles. The Morgan fingerprint density at radius 3 is 2.90 bits per heavy atom. The van der Waals surface area contributed by atoms with E-state index in [0.717, 1.165) is 12.5 Å². The minimum Gasteiger partial charge on any atom is -0.371 e. The van der Waals surface area contributed by atoms with Crippen molar-refractivity contribution in [2.24, 2.45) is 0 Å². The largest absolute Gasteiger partial charge is 0.371 e. The first-order valence-electron chi connectivity index (χ1n) is 6.27. The molecule has 2 aromatic rings. The zero-order chi connectivity index (χ0) is 14.1. The molecule has 1 aromatic heterocycles. The quantitative estimate of drug-likeness (QED) is 0.946. The number of aryl methyl sites for hydroxylation is 1. The maximum atomic E-state index is 13.3. The third-order valence-corrected chi connectivity index (χ3v) is 3.94. The summed E-state index contributed by atoms with van der Waals surface area (Å²) in [5.74, 6) is -1.000. The van der Waals surface area contributed by atoms with Crippen LogP contribution in [0.3, 0.4) is 0 Å². The smallest absolute Gasteiger partial charge is 0.202 e. The van der Waals surface area contributed by atoms with Crippen LogP contribution in [0.5, 0.6) is 0 Å². The van der Waals surface area contributed by atoms with Crippen LogP contribution < -0.4 is 5.32 Å². The van der Waals surface area contributed by atoms with Gasteiger partial charge in [-0.1, -0.05) is 6.07 Å². The first-order valence-corrected chi connectivity index (χ1v) is 7.04. The first-order chi connectivity index (χ1) is 9.63. The molecule has 1 aromatic carbocycles. The number of ether oxygens (including phenoxy) is 1. The van der Waals surface area contributed by atoms with Crippen molar-refractivity contribution in [1.29, 1.82) is 0 Å². The van der Waals surface area contributed by atoms with Crippen molar-refractivity contribution in [3.8, 4) is 0 Å². The lowest BCUT2D eigenvalue weighted by Crippen LogP contribution is -2.23. The minimum atomic E-state index is -0.858. The number of hydrogen-bond acceptors (Lipinski definition) is 5. The van der Waals surface area contributed by atoms with E-state index in [4.69, 9.17) is 4.74 Å². The van der Waals surface area contributed by atoms with E-state index in [2.05, 4.69) is 14.7 Å². The van der Waals surface area contributed by atoms with Gasteiger partial charge in [-0.05, 0) is 31.0 Å². The maximum absolute atomic E-state index is 13.3. The van der Waals surface area contributed by atoms with Gasteiger partial charge in [0.05, 0.1) is 6.04 Å². The number of rotatable bonds is 3. The van der Waals surface area contributed by atoms with Crippen LogP contribution in [-0.4, -0.2) is 22.0 Å². The summed E-state index contributed by atoms with van der Waals surface area (Å²) in [6.45, 7) is 2.39. The molecule has 0 bridgehead atoms. The predicted octanol–water partition coefficient (Wildman–Crippen LogP) is 3.07. The SMILES string of the molecule is Cc1nsc(NC2CCOC2c2ccc(F)c(F)c2)n1. The molecule has 1 N–H and O–H groups in total. The van der Waals surface area contributed by atoms with Gasteiger partial charge in [0.25, 0.3) is 0 Å². The molecule has 2 atom stereocenters. The second-order valence-corrected chi connectivity index (χ2v) is 5.40. The van der Waals surface area contributed by atoms with Gasteiger partial charge in [-0.25, -0.2) is 13.8 Å². The summed E-state index contributed by atoms with van der Waals surface area (Å²) < 4.78 is 36.0. The second kappa shape index (κ2) is 5.41. The summed E-state index contributed by atoms with van der Waals surface area (Å²) in [5, 5.41) is 3.96. The molecular formula is C13H13F2N3OS. The van der Waals surface area contributed by atoms with Crippen molar-refractivity contribution in [2.75, 3.05) is 11.9 Å². The normalized spacial score (nSPS) is 22.1. The molecule has 1 aliphatic rings. The number of halogens is 2. The molecule has 106 valence electrons. The Bertz CT molecular complexity index is 619. The molecule has 0 radical (unpaired) electrons. The molecule has 0 spiro atoms. The highest BCUT2D eigenvalue weighted by atomic mass is 32.1. The van der Waals surface area contributed by atoms with Gasteiger partial charge in [0.2, 0.25) is 5.13 Å². The van der Waals surface area contributed by atoms with E-state index >= 15 is 0 Å².